The molecule has 12 heteroatoms. The fraction of sp³-hybridized carbons (Fsp3) is 0.355. The molecule has 1 saturated carbocycles. The van der Waals surface area contributed by atoms with Gasteiger partial charge >= 0.3 is 6.18 Å². The maximum atomic E-state index is 14.0. The van der Waals surface area contributed by atoms with Gasteiger partial charge in [-0.1, -0.05) is 64.7 Å². The summed E-state index contributed by atoms with van der Waals surface area (Å²) < 4.78 is 70.1. The summed E-state index contributed by atoms with van der Waals surface area (Å²) in [5.74, 6) is -1.13. The fourth-order valence-corrected chi connectivity index (χ4v) is 6.63. The number of carbonyl (C=O) groups is 2. The van der Waals surface area contributed by atoms with Crippen LogP contribution in [0.5, 0.6) is 0 Å². The largest absolute Gasteiger partial charge is 0.416 e. The Bertz CT molecular complexity index is 1540. The van der Waals surface area contributed by atoms with Crippen molar-refractivity contribution < 1.29 is 31.2 Å². The van der Waals surface area contributed by atoms with E-state index in [1.807, 2.05) is 0 Å². The normalized spacial score (nSPS) is 14.7. The molecule has 1 N–H and O–H groups in total. The zero-order chi connectivity index (χ0) is 31.4. The van der Waals surface area contributed by atoms with E-state index < -0.39 is 40.3 Å². The van der Waals surface area contributed by atoms with Crippen molar-refractivity contribution in [1.82, 2.24) is 10.2 Å². The molecule has 0 saturated heterocycles. The van der Waals surface area contributed by atoms with Crippen LogP contribution in [0.4, 0.5) is 18.9 Å². The second-order valence-electron chi connectivity index (χ2n) is 10.7. The van der Waals surface area contributed by atoms with E-state index in [-0.39, 0.29) is 29.1 Å². The summed E-state index contributed by atoms with van der Waals surface area (Å²) in [6.07, 6.45) is -1.10. The fourth-order valence-electron chi connectivity index (χ4n) is 4.96. The van der Waals surface area contributed by atoms with Crippen LogP contribution >= 0.6 is 15.9 Å². The van der Waals surface area contributed by atoms with Crippen LogP contribution in [0.15, 0.2) is 82.2 Å². The summed E-state index contributed by atoms with van der Waals surface area (Å²) >= 11 is 3.37. The van der Waals surface area contributed by atoms with Crippen molar-refractivity contribution in [1.29, 1.82) is 0 Å². The molecule has 3 aromatic carbocycles. The molecule has 3 aromatic rings. The lowest BCUT2D eigenvalue weighted by molar-refractivity contribution is -0.139. The van der Waals surface area contributed by atoms with Crippen LogP contribution < -0.4 is 9.62 Å². The zero-order valence-electron chi connectivity index (χ0n) is 23.8. The molecule has 0 spiro atoms. The summed E-state index contributed by atoms with van der Waals surface area (Å²) in [7, 11) is -4.49. The first kappa shape index (κ1) is 32.5. The number of nitrogens with zero attached hydrogens (tertiary/aromatic N) is 2. The van der Waals surface area contributed by atoms with Gasteiger partial charge in [0.05, 0.1) is 16.1 Å². The lowest BCUT2D eigenvalue weighted by Gasteiger charge is -2.32. The molecule has 0 bridgehead atoms. The van der Waals surface area contributed by atoms with Gasteiger partial charge in [-0.2, -0.15) is 13.2 Å². The van der Waals surface area contributed by atoms with E-state index in [4.69, 9.17) is 0 Å². The number of carbonyl (C=O) groups excluding carboxylic acids is 2. The molecular formula is C31H33BrF3N3O4S. The number of rotatable bonds is 10. The van der Waals surface area contributed by atoms with Crippen LogP contribution in [-0.2, 0) is 32.3 Å². The molecular weight excluding hydrogens is 647 g/mol. The quantitative estimate of drug-likeness (QED) is 0.267. The molecule has 7 nitrogen and oxygen atoms in total. The third kappa shape index (κ3) is 8.17. The Kier molecular flexibility index (Phi) is 10.2. The maximum Gasteiger partial charge on any atom is 0.416 e. The molecule has 0 heterocycles. The molecule has 2 amide bonds. The van der Waals surface area contributed by atoms with Gasteiger partial charge in [0.1, 0.15) is 12.6 Å². The van der Waals surface area contributed by atoms with Gasteiger partial charge in [-0.05, 0) is 74.7 Å². The SMILES string of the molecule is Cc1ccc(S(=O)(=O)N(CC(=O)N(Cc2ccc(Br)cc2)C(C)C(=O)NC2CCCC2)c2cccc(C(F)(F)F)c2)cc1. The van der Waals surface area contributed by atoms with Crippen molar-refractivity contribution in [2.75, 3.05) is 10.8 Å². The number of anilines is 1. The first-order valence-corrected chi connectivity index (χ1v) is 16.1. The van der Waals surface area contributed by atoms with Crippen LogP contribution in [0.3, 0.4) is 0 Å². The molecule has 1 unspecified atom stereocenters. The van der Waals surface area contributed by atoms with Crippen molar-refractivity contribution in [3.63, 3.8) is 0 Å². The predicted octanol–water partition coefficient (Wildman–Crippen LogP) is 6.45. The number of hydrogen-bond donors (Lipinski definition) is 1. The first-order valence-electron chi connectivity index (χ1n) is 13.9. The Morgan fingerprint density at radius 2 is 1.63 bits per heavy atom. The number of amides is 2. The van der Waals surface area contributed by atoms with E-state index in [1.165, 1.54) is 23.1 Å². The molecule has 0 radical (unpaired) electrons. The highest BCUT2D eigenvalue weighted by atomic mass is 79.9. The van der Waals surface area contributed by atoms with Crippen molar-refractivity contribution in [3.05, 3.63) is 94.0 Å². The summed E-state index contributed by atoms with van der Waals surface area (Å²) in [4.78, 5) is 28.4. The molecule has 1 fully saturated rings. The minimum atomic E-state index is -4.74. The number of alkyl halides is 3. The molecule has 1 aliphatic rings. The monoisotopic (exact) mass is 679 g/mol. The average molecular weight is 681 g/mol. The molecule has 4 rings (SSSR count). The summed E-state index contributed by atoms with van der Waals surface area (Å²) in [5, 5.41) is 2.98. The summed E-state index contributed by atoms with van der Waals surface area (Å²) in [5.41, 5.74) is 0.0838. The Morgan fingerprint density at radius 1 is 1.00 bits per heavy atom. The number of hydrogen-bond acceptors (Lipinski definition) is 4. The van der Waals surface area contributed by atoms with E-state index in [0.717, 1.165) is 47.9 Å². The Balaban J connectivity index is 1.73. The molecule has 1 aliphatic carbocycles. The van der Waals surface area contributed by atoms with Crippen molar-refractivity contribution in [3.8, 4) is 0 Å². The van der Waals surface area contributed by atoms with Crippen LogP contribution in [0.25, 0.3) is 0 Å². The van der Waals surface area contributed by atoms with Gasteiger partial charge in [-0.15, -0.1) is 0 Å². The smallest absolute Gasteiger partial charge is 0.352 e. The molecule has 43 heavy (non-hydrogen) atoms. The molecule has 1 atom stereocenters. The van der Waals surface area contributed by atoms with Gasteiger partial charge in [-0.3, -0.25) is 13.9 Å². The van der Waals surface area contributed by atoms with Gasteiger partial charge in [0.2, 0.25) is 11.8 Å². The first-order chi connectivity index (χ1) is 20.3. The van der Waals surface area contributed by atoms with Crippen LogP contribution in [0.1, 0.15) is 49.3 Å². The minimum absolute atomic E-state index is 0.0110. The number of nitrogens with one attached hydrogen (secondary N) is 1. The molecule has 230 valence electrons. The third-order valence-corrected chi connectivity index (χ3v) is 9.80. The van der Waals surface area contributed by atoms with Gasteiger partial charge in [0.15, 0.2) is 0 Å². The van der Waals surface area contributed by atoms with Crippen LogP contribution in [-0.4, -0.2) is 43.8 Å². The Morgan fingerprint density at radius 3 is 2.23 bits per heavy atom. The van der Waals surface area contributed by atoms with Crippen molar-refractivity contribution >= 4 is 43.5 Å². The van der Waals surface area contributed by atoms with E-state index in [1.54, 1.807) is 50.2 Å². The number of halogens is 4. The van der Waals surface area contributed by atoms with Gasteiger partial charge in [0, 0.05) is 17.1 Å². The van der Waals surface area contributed by atoms with Gasteiger partial charge in [-0.25, -0.2) is 8.42 Å². The van der Waals surface area contributed by atoms with E-state index in [2.05, 4.69) is 21.2 Å². The highest BCUT2D eigenvalue weighted by molar-refractivity contribution is 9.10. The number of benzene rings is 3. The number of sulfonamides is 1. The van der Waals surface area contributed by atoms with Gasteiger partial charge < -0.3 is 10.2 Å². The van der Waals surface area contributed by atoms with Gasteiger partial charge in [0.25, 0.3) is 10.0 Å². The zero-order valence-corrected chi connectivity index (χ0v) is 26.2. The summed E-state index contributed by atoms with van der Waals surface area (Å²) in [6, 6.07) is 15.7. The molecule has 0 aliphatic heterocycles. The number of aryl methyl sites for hydroxylation is 1. The van der Waals surface area contributed by atoms with Crippen molar-refractivity contribution in [2.45, 2.75) is 69.2 Å². The standard InChI is InChI=1S/C31H33BrF3N3O4S/c1-21-10-16-28(17-11-21)43(41,42)38(27-9-5-6-24(18-27)31(33,34)35)20-29(39)37(19-23-12-14-25(32)15-13-23)22(2)30(40)36-26-7-3-4-8-26/h5-6,9-18,22,26H,3-4,7-8,19-20H2,1-2H3,(H,36,40). The molecule has 0 aromatic heterocycles. The lowest BCUT2D eigenvalue weighted by Crippen LogP contribution is -2.52. The highest BCUT2D eigenvalue weighted by Gasteiger charge is 2.35. The Hall–Kier alpha value is -3.38. The third-order valence-electron chi connectivity index (χ3n) is 7.48. The maximum absolute atomic E-state index is 14.0. The Labute approximate surface area is 258 Å². The average Bonchev–Trinajstić information content (AvgIpc) is 3.48. The second kappa shape index (κ2) is 13.5. The minimum Gasteiger partial charge on any atom is -0.352 e. The van der Waals surface area contributed by atoms with Crippen molar-refractivity contribution in [2.24, 2.45) is 0 Å². The van der Waals surface area contributed by atoms with Crippen LogP contribution in [0, 0.1) is 6.92 Å². The highest BCUT2D eigenvalue weighted by Crippen LogP contribution is 2.33. The predicted molar refractivity (Wildman–Crippen MR) is 162 cm³/mol. The van der Waals surface area contributed by atoms with E-state index in [0.29, 0.717) is 15.9 Å². The van der Waals surface area contributed by atoms with E-state index >= 15 is 0 Å². The van der Waals surface area contributed by atoms with E-state index in [9.17, 15) is 31.2 Å². The second-order valence-corrected chi connectivity index (χ2v) is 13.5. The van der Waals surface area contributed by atoms with Crippen LogP contribution in [0.2, 0.25) is 0 Å². The summed E-state index contributed by atoms with van der Waals surface area (Å²) in [6.45, 7) is 2.48. The topological polar surface area (TPSA) is 86.8 Å². The lowest BCUT2D eigenvalue weighted by atomic mass is 10.1.